The fourth-order valence-electron chi connectivity index (χ4n) is 3.82. The molecule has 2 atom stereocenters. The van der Waals surface area contributed by atoms with E-state index in [-0.39, 0.29) is 5.60 Å². The highest BCUT2D eigenvalue weighted by atomic mass is 32.2. The molecule has 1 aliphatic carbocycles. The van der Waals surface area contributed by atoms with Gasteiger partial charge in [-0.15, -0.1) is 0 Å². The van der Waals surface area contributed by atoms with E-state index in [1.54, 1.807) is 0 Å². The Morgan fingerprint density at radius 2 is 1.67 bits per heavy atom. The van der Waals surface area contributed by atoms with Crippen LogP contribution in [0.2, 0.25) is 0 Å². The fraction of sp³-hybridized carbons (Fsp3) is 1.00. The molecule has 0 aromatic rings. The van der Waals surface area contributed by atoms with Crippen LogP contribution in [0.3, 0.4) is 0 Å². The lowest BCUT2D eigenvalue weighted by Crippen LogP contribution is -2.39. The van der Waals surface area contributed by atoms with Gasteiger partial charge in [0.2, 0.25) is 0 Å². The molecule has 3 heteroatoms. The summed E-state index contributed by atoms with van der Waals surface area (Å²) in [4.78, 5) is 0. The molecule has 3 rings (SSSR count). The van der Waals surface area contributed by atoms with Crippen molar-refractivity contribution in [2.45, 2.75) is 31.3 Å². The minimum absolute atomic E-state index is 0.293. The second-order valence-corrected chi connectivity index (χ2v) is 6.80. The van der Waals surface area contributed by atoms with E-state index in [9.17, 15) is 5.11 Å². The van der Waals surface area contributed by atoms with Gasteiger partial charge in [-0.1, -0.05) is 0 Å². The lowest BCUT2D eigenvalue weighted by atomic mass is 9.81. The molecule has 0 aromatic heterocycles. The van der Waals surface area contributed by atoms with Gasteiger partial charge in [0.25, 0.3) is 0 Å². The Bertz CT molecular complexity index is 228. The molecular formula is C12H21NOS. The van der Waals surface area contributed by atoms with Crippen LogP contribution in [-0.4, -0.2) is 35.3 Å². The summed E-state index contributed by atoms with van der Waals surface area (Å²) in [7, 11) is 0. The summed E-state index contributed by atoms with van der Waals surface area (Å²) in [5, 5.41) is 14.2. The number of hydrogen-bond donors (Lipinski definition) is 2. The van der Waals surface area contributed by atoms with Crippen LogP contribution < -0.4 is 5.32 Å². The number of nitrogens with one attached hydrogen (secondary N) is 1. The minimum Gasteiger partial charge on any atom is -0.390 e. The molecule has 2 saturated heterocycles. The van der Waals surface area contributed by atoms with E-state index in [0.717, 1.165) is 37.8 Å². The Hall–Kier alpha value is 0.270. The summed E-state index contributed by atoms with van der Waals surface area (Å²) in [5.41, 5.74) is -0.293. The van der Waals surface area contributed by atoms with Crippen LogP contribution in [0.1, 0.15) is 25.7 Å². The van der Waals surface area contributed by atoms with Crippen molar-refractivity contribution < 1.29 is 5.11 Å². The van der Waals surface area contributed by atoms with Gasteiger partial charge < -0.3 is 10.4 Å². The Kier molecular flexibility index (Phi) is 2.74. The summed E-state index contributed by atoms with van der Waals surface area (Å²) in [6, 6.07) is 0. The maximum atomic E-state index is 10.8. The van der Waals surface area contributed by atoms with E-state index in [1.165, 1.54) is 24.3 Å². The molecule has 86 valence electrons. The molecule has 2 nitrogen and oxygen atoms in total. The molecule has 3 aliphatic rings. The van der Waals surface area contributed by atoms with Crippen LogP contribution in [0, 0.1) is 17.8 Å². The van der Waals surface area contributed by atoms with E-state index in [0.29, 0.717) is 5.92 Å². The maximum Gasteiger partial charge on any atom is 0.0682 e. The number of rotatable bonds is 1. The summed E-state index contributed by atoms with van der Waals surface area (Å²) >= 11 is 2.05. The monoisotopic (exact) mass is 227 g/mol. The van der Waals surface area contributed by atoms with Crippen LogP contribution in [-0.2, 0) is 0 Å². The molecule has 3 fully saturated rings. The molecule has 2 heterocycles. The topological polar surface area (TPSA) is 32.3 Å². The first-order chi connectivity index (χ1) is 7.28. The highest BCUT2D eigenvalue weighted by molar-refractivity contribution is 7.99. The van der Waals surface area contributed by atoms with Crippen LogP contribution in [0.15, 0.2) is 0 Å². The Morgan fingerprint density at radius 3 is 2.27 bits per heavy atom. The summed E-state index contributed by atoms with van der Waals surface area (Å²) in [6.07, 6.45) is 4.63. The number of aliphatic hydroxyl groups is 1. The van der Waals surface area contributed by atoms with E-state index in [4.69, 9.17) is 0 Å². The molecule has 0 spiro atoms. The normalized spacial score (nSPS) is 47.0. The molecule has 0 aromatic carbocycles. The maximum absolute atomic E-state index is 10.8. The zero-order valence-corrected chi connectivity index (χ0v) is 10.1. The molecule has 0 radical (unpaired) electrons. The smallest absolute Gasteiger partial charge is 0.0682 e. The SMILES string of the molecule is OC1(C2CCSCC2)CC2CNCC2C1. The van der Waals surface area contributed by atoms with Crippen molar-refractivity contribution in [1.82, 2.24) is 5.32 Å². The van der Waals surface area contributed by atoms with Gasteiger partial charge in [0, 0.05) is 0 Å². The predicted molar refractivity (Wildman–Crippen MR) is 64.1 cm³/mol. The number of thioether (sulfide) groups is 1. The van der Waals surface area contributed by atoms with Gasteiger partial charge in [-0.25, -0.2) is 0 Å². The number of fused-ring (bicyclic) bond motifs is 1. The second kappa shape index (κ2) is 3.94. The third kappa shape index (κ3) is 1.83. The molecule has 2 aliphatic heterocycles. The summed E-state index contributed by atoms with van der Waals surface area (Å²) < 4.78 is 0. The highest BCUT2D eigenvalue weighted by Crippen LogP contribution is 2.48. The Balaban J connectivity index is 1.69. The van der Waals surface area contributed by atoms with Gasteiger partial charge in [0.05, 0.1) is 5.60 Å². The zero-order chi connectivity index (χ0) is 10.3. The van der Waals surface area contributed by atoms with Crippen molar-refractivity contribution in [2.75, 3.05) is 24.6 Å². The van der Waals surface area contributed by atoms with E-state index < -0.39 is 0 Å². The van der Waals surface area contributed by atoms with Crippen LogP contribution in [0.5, 0.6) is 0 Å². The van der Waals surface area contributed by atoms with Crippen molar-refractivity contribution >= 4 is 11.8 Å². The van der Waals surface area contributed by atoms with Crippen molar-refractivity contribution in [2.24, 2.45) is 17.8 Å². The quantitative estimate of drug-likeness (QED) is 0.712. The standard InChI is InChI=1S/C12H21NOS/c14-12(11-1-3-15-4-2-11)5-9-7-13-8-10(9)6-12/h9-11,13-14H,1-8H2. The summed E-state index contributed by atoms with van der Waals surface area (Å²) in [5.74, 6) is 4.67. The van der Waals surface area contributed by atoms with Gasteiger partial charge >= 0.3 is 0 Å². The molecule has 2 N–H and O–H groups in total. The largest absolute Gasteiger partial charge is 0.390 e. The molecule has 15 heavy (non-hydrogen) atoms. The lowest BCUT2D eigenvalue weighted by molar-refractivity contribution is -0.0224. The Morgan fingerprint density at radius 1 is 1.07 bits per heavy atom. The van der Waals surface area contributed by atoms with Crippen LogP contribution in [0.4, 0.5) is 0 Å². The van der Waals surface area contributed by atoms with Gasteiger partial charge in [0.15, 0.2) is 0 Å². The fourth-order valence-corrected chi connectivity index (χ4v) is 4.93. The summed E-state index contributed by atoms with van der Waals surface area (Å²) in [6.45, 7) is 2.29. The van der Waals surface area contributed by atoms with Crippen molar-refractivity contribution in [3.8, 4) is 0 Å². The van der Waals surface area contributed by atoms with Gasteiger partial charge in [0.1, 0.15) is 0 Å². The third-order valence-corrected chi connectivity index (χ3v) is 5.74. The molecule has 2 unspecified atom stereocenters. The molecule has 0 bridgehead atoms. The first-order valence-electron chi connectivity index (χ1n) is 6.29. The van der Waals surface area contributed by atoms with Crippen molar-refractivity contribution in [3.05, 3.63) is 0 Å². The van der Waals surface area contributed by atoms with Gasteiger partial charge in [-0.3, -0.25) is 0 Å². The average molecular weight is 227 g/mol. The van der Waals surface area contributed by atoms with E-state index >= 15 is 0 Å². The minimum atomic E-state index is -0.293. The highest BCUT2D eigenvalue weighted by Gasteiger charge is 2.49. The molecule has 1 saturated carbocycles. The van der Waals surface area contributed by atoms with Gasteiger partial charge in [-0.05, 0) is 68.0 Å². The van der Waals surface area contributed by atoms with Crippen molar-refractivity contribution in [1.29, 1.82) is 0 Å². The van der Waals surface area contributed by atoms with Gasteiger partial charge in [-0.2, -0.15) is 11.8 Å². The zero-order valence-electron chi connectivity index (χ0n) is 9.24. The average Bonchev–Trinajstić information content (AvgIpc) is 2.78. The predicted octanol–water partition coefficient (Wildman–Crippen LogP) is 1.49. The second-order valence-electron chi connectivity index (χ2n) is 5.58. The lowest BCUT2D eigenvalue weighted by Gasteiger charge is -2.36. The van der Waals surface area contributed by atoms with Crippen LogP contribution in [0.25, 0.3) is 0 Å². The van der Waals surface area contributed by atoms with E-state index in [1.807, 2.05) is 0 Å². The Labute approximate surface area is 96.2 Å². The first-order valence-corrected chi connectivity index (χ1v) is 7.44. The van der Waals surface area contributed by atoms with Crippen molar-refractivity contribution in [3.63, 3.8) is 0 Å². The third-order valence-electron chi connectivity index (χ3n) is 4.69. The van der Waals surface area contributed by atoms with E-state index in [2.05, 4.69) is 17.1 Å². The molecule has 0 amide bonds. The van der Waals surface area contributed by atoms with Crippen LogP contribution >= 0.6 is 11.8 Å². The number of hydrogen-bond acceptors (Lipinski definition) is 3. The molecular weight excluding hydrogens is 206 g/mol. The first kappa shape index (κ1) is 10.4.